The van der Waals surface area contributed by atoms with Crippen LogP contribution in [0.2, 0.25) is 0 Å². The molecule has 4 heteroatoms. The Kier molecular flexibility index (Phi) is 26.7. The molecule has 0 bridgehead atoms. The third kappa shape index (κ3) is 27.4. The van der Waals surface area contributed by atoms with Crippen LogP contribution in [0.25, 0.3) is 0 Å². The van der Waals surface area contributed by atoms with Crippen LogP contribution < -0.4 is 0 Å². The van der Waals surface area contributed by atoms with Crippen LogP contribution in [0.5, 0.6) is 0 Å². The zero-order valence-corrected chi connectivity index (χ0v) is 23.6. The first kappa shape index (κ1) is 33.9. The van der Waals surface area contributed by atoms with Gasteiger partial charge in [0, 0.05) is 12.8 Å². The first-order valence-electron chi connectivity index (χ1n) is 15.5. The second-order valence-corrected chi connectivity index (χ2v) is 10.7. The number of ether oxygens (including phenoxy) is 1. The minimum Gasteiger partial charge on any atom is -0.481 e. The molecule has 0 aliphatic rings. The molecule has 1 atom stereocenters. The summed E-state index contributed by atoms with van der Waals surface area (Å²) in [5.74, 6) is -0.798. The molecule has 0 amide bonds. The van der Waals surface area contributed by atoms with E-state index in [0.717, 1.165) is 38.5 Å². The Morgan fingerprint density at radius 2 is 0.857 bits per heavy atom. The molecule has 0 radical (unpaired) electrons. The fourth-order valence-corrected chi connectivity index (χ4v) is 4.77. The first-order chi connectivity index (χ1) is 17.1. The lowest BCUT2D eigenvalue weighted by atomic mass is 10.0. The van der Waals surface area contributed by atoms with Crippen LogP contribution in [0.3, 0.4) is 0 Å². The van der Waals surface area contributed by atoms with Crippen molar-refractivity contribution in [3.05, 3.63) is 0 Å². The van der Waals surface area contributed by atoms with Gasteiger partial charge in [0.05, 0.1) is 0 Å². The van der Waals surface area contributed by atoms with Crippen LogP contribution in [0, 0.1) is 0 Å². The van der Waals surface area contributed by atoms with Gasteiger partial charge in [-0.15, -0.1) is 0 Å². The molecule has 208 valence electrons. The van der Waals surface area contributed by atoms with Crippen molar-refractivity contribution in [1.29, 1.82) is 0 Å². The minimum atomic E-state index is -0.742. The molecule has 0 aliphatic heterocycles. The monoisotopic (exact) mass is 496 g/mol. The van der Waals surface area contributed by atoms with E-state index in [2.05, 4.69) is 13.8 Å². The molecule has 1 N–H and O–H groups in total. The fourth-order valence-electron chi connectivity index (χ4n) is 4.77. The summed E-state index contributed by atoms with van der Waals surface area (Å²) in [6.07, 6.45) is 29.6. The number of esters is 1. The first-order valence-corrected chi connectivity index (χ1v) is 15.5. The van der Waals surface area contributed by atoms with Gasteiger partial charge in [-0.25, -0.2) is 0 Å². The number of carbonyl (C=O) groups excluding carboxylic acids is 1. The van der Waals surface area contributed by atoms with Crippen LogP contribution >= 0.6 is 0 Å². The quantitative estimate of drug-likeness (QED) is 0.0864. The van der Waals surface area contributed by atoms with E-state index in [1.54, 1.807) is 0 Å². The van der Waals surface area contributed by atoms with Crippen molar-refractivity contribution in [2.45, 2.75) is 187 Å². The highest BCUT2D eigenvalue weighted by atomic mass is 16.5. The zero-order valence-electron chi connectivity index (χ0n) is 23.6. The van der Waals surface area contributed by atoms with Crippen molar-refractivity contribution < 1.29 is 19.4 Å². The van der Waals surface area contributed by atoms with Crippen molar-refractivity contribution in [2.75, 3.05) is 0 Å². The Morgan fingerprint density at radius 1 is 0.514 bits per heavy atom. The Hall–Kier alpha value is -1.06. The topological polar surface area (TPSA) is 63.6 Å². The van der Waals surface area contributed by atoms with Gasteiger partial charge < -0.3 is 9.84 Å². The summed E-state index contributed by atoms with van der Waals surface area (Å²) in [4.78, 5) is 23.2. The van der Waals surface area contributed by atoms with E-state index in [9.17, 15) is 9.59 Å². The smallest absolute Gasteiger partial charge is 0.306 e. The molecule has 0 saturated heterocycles. The molecule has 0 aliphatic carbocycles. The standard InChI is InChI=1S/C31H60O4/c1-3-5-7-9-11-13-14-15-16-18-20-22-28-31(34)35-29(26-23-24-27-30(32)33)25-21-19-17-12-10-8-6-4-2/h29H,3-28H2,1-2H3,(H,32,33). The summed E-state index contributed by atoms with van der Waals surface area (Å²) < 4.78 is 5.83. The van der Waals surface area contributed by atoms with Crippen LogP contribution in [0.15, 0.2) is 0 Å². The van der Waals surface area contributed by atoms with Gasteiger partial charge in [0.2, 0.25) is 0 Å². The van der Waals surface area contributed by atoms with E-state index in [1.807, 2.05) is 0 Å². The normalized spacial score (nSPS) is 12.1. The second kappa shape index (κ2) is 27.5. The number of carbonyl (C=O) groups is 2. The molecule has 35 heavy (non-hydrogen) atoms. The maximum atomic E-state index is 12.4. The van der Waals surface area contributed by atoms with Gasteiger partial charge in [-0.2, -0.15) is 0 Å². The zero-order chi connectivity index (χ0) is 25.8. The predicted molar refractivity (Wildman–Crippen MR) is 149 cm³/mol. The van der Waals surface area contributed by atoms with Gasteiger partial charge in [-0.3, -0.25) is 9.59 Å². The van der Waals surface area contributed by atoms with Crippen molar-refractivity contribution >= 4 is 11.9 Å². The van der Waals surface area contributed by atoms with Gasteiger partial charge >= 0.3 is 11.9 Å². The number of aliphatic carboxylic acids is 1. The predicted octanol–water partition coefficient (Wildman–Crippen LogP) is 10.2. The molecule has 0 aromatic rings. The van der Waals surface area contributed by atoms with Gasteiger partial charge in [0.1, 0.15) is 6.10 Å². The van der Waals surface area contributed by atoms with Crippen molar-refractivity contribution in [3.8, 4) is 0 Å². The van der Waals surface area contributed by atoms with Gasteiger partial charge in [-0.1, -0.05) is 129 Å². The summed E-state index contributed by atoms with van der Waals surface area (Å²) >= 11 is 0. The minimum absolute atomic E-state index is 0.0336. The third-order valence-corrected chi connectivity index (χ3v) is 7.08. The molecule has 0 aromatic heterocycles. The Labute approximate surface area is 218 Å². The second-order valence-electron chi connectivity index (χ2n) is 10.7. The molecule has 0 spiro atoms. The maximum Gasteiger partial charge on any atom is 0.306 e. The number of hydrogen-bond acceptors (Lipinski definition) is 3. The highest BCUT2D eigenvalue weighted by Gasteiger charge is 2.14. The van der Waals surface area contributed by atoms with Crippen LogP contribution in [0.4, 0.5) is 0 Å². The molecular formula is C31H60O4. The highest BCUT2D eigenvalue weighted by molar-refractivity contribution is 5.69. The number of unbranched alkanes of at least 4 members (excludes halogenated alkanes) is 19. The van der Waals surface area contributed by atoms with Crippen LogP contribution in [0.1, 0.15) is 181 Å². The summed E-state index contributed by atoms with van der Waals surface area (Å²) in [5, 5.41) is 8.86. The number of carboxylic acids is 1. The average molecular weight is 497 g/mol. The molecule has 0 rings (SSSR count). The SMILES string of the molecule is CCCCCCCCCCCCCCC(=O)OC(CCCCCCCCCC)CCCCC(=O)O. The van der Waals surface area contributed by atoms with Crippen molar-refractivity contribution in [2.24, 2.45) is 0 Å². The summed E-state index contributed by atoms with van der Waals surface area (Å²) in [6.45, 7) is 4.51. The molecule has 0 heterocycles. The largest absolute Gasteiger partial charge is 0.481 e. The number of carboxylic acid groups (broad SMARTS) is 1. The highest BCUT2D eigenvalue weighted by Crippen LogP contribution is 2.18. The van der Waals surface area contributed by atoms with Crippen molar-refractivity contribution in [1.82, 2.24) is 0 Å². The van der Waals surface area contributed by atoms with E-state index in [0.29, 0.717) is 12.8 Å². The van der Waals surface area contributed by atoms with E-state index >= 15 is 0 Å². The lowest BCUT2D eigenvalue weighted by Crippen LogP contribution is -2.18. The van der Waals surface area contributed by atoms with E-state index < -0.39 is 5.97 Å². The van der Waals surface area contributed by atoms with E-state index in [4.69, 9.17) is 9.84 Å². The number of rotatable bonds is 28. The van der Waals surface area contributed by atoms with Gasteiger partial charge in [-0.05, 0) is 38.5 Å². The fraction of sp³-hybridized carbons (Fsp3) is 0.935. The van der Waals surface area contributed by atoms with E-state index in [1.165, 1.54) is 109 Å². The number of hydrogen-bond donors (Lipinski definition) is 1. The molecule has 1 unspecified atom stereocenters. The molecule has 0 fully saturated rings. The maximum absolute atomic E-state index is 12.4. The molecule has 4 nitrogen and oxygen atoms in total. The Morgan fingerprint density at radius 3 is 1.29 bits per heavy atom. The molecule has 0 aromatic carbocycles. The summed E-state index contributed by atoms with van der Waals surface area (Å²) in [6, 6.07) is 0. The lowest BCUT2D eigenvalue weighted by molar-refractivity contribution is -0.150. The average Bonchev–Trinajstić information content (AvgIpc) is 2.83. The van der Waals surface area contributed by atoms with Gasteiger partial charge in [0.15, 0.2) is 0 Å². The third-order valence-electron chi connectivity index (χ3n) is 7.08. The van der Waals surface area contributed by atoms with Gasteiger partial charge in [0.25, 0.3) is 0 Å². The van der Waals surface area contributed by atoms with Crippen molar-refractivity contribution in [3.63, 3.8) is 0 Å². The Balaban J connectivity index is 3.89. The molecule has 0 saturated carbocycles. The van der Waals surface area contributed by atoms with Crippen LogP contribution in [-0.2, 0) is 14.3 Å². The van der Waals surface area contributed by atoms with Crippen LogP contribution in [-0.4, -0.2) is 23.1 Å². The summed E-state index contributed by atoms with van der Waals surface area (Å²) in [7, 11) is 0. The Bertz CT molecular complexity index is 463. The summed E-state index contributed by atoms with van der Waals surface area (Å²) in [5.41, 5.74) is 0. The lowest BCUT2D eigenvalue weighted by Gasteiger charge is -2.18. The van der Waals surface area contributed by atoms with E-state index in [-0.39, 0.29) is 18.5 Å². The molecular weight excluding hydrogens is 436 g/mol.